The van der Waals surface area contributed by atoms with Gasteiger partial charge in [-0.15, -0.1) is 0 Å². The third-order valence-electron chi connectivity index (χ3n) is 7.42. The van der Waals surface area contributed by atoms with Crippen LogP contribution in [0.25, 0.3) is 0 Å². The second-order valence-electron chi connectivity index (χ2n) is 9.52. The smallest absolute Gasteiger partial charge is 0.254 e. The van der Waals surface area contributed by atoms with Crippen molar-refractivity contribution in [1.29, 1.82) is 0 Å². The lowest BCUT2D eigenvalue weighted by molar-refractivity contribution is 0.0303. The van der Waals surface area contributed by atoms with Crippen LogP contribution in [0, 0.1) is 0 Å². The Morgan fingerprint density at radius 2 is 1.67 bits per heavy atom. The number of rotatable bonds is 8. The van der Waals surface area contributed by atoms with Crippen LogP contribution in [0.3, 0.4) is 0 Å². The lowest BCUT2D eigenvalue weighted by atomic mass is 9.68. The zero-order chi connectivity index (χ0) is 23.1. The number of aromatic hydroxyl groups is 1. The van der Waals surface area contributed by atoms with Gasteiger partial charge in [0.15, 0.2) is 0 Å². The Labute approximate surface area is 198 Å². The molecule has 2 heterocycles. The first-order chi connectivity index (χ1) is 16.1. The van der Waals surface area contributed by atoms with Crippen LogP contribution in [0.5, 0.6) is 5.75 Å². The summed E-state index contributed by atoms with van der Waals surface area (Å²) in [6, 6.07) is 16.0. The summed E-state index contributed by atoms with van der Waals surface area (Å²) in [5.74, 6) is 0.395. The highest BCUT2D eigenvalue weighted by Crippen LogP contribution is 2.42. The molecule has 0 spiro atoms. The summed E-state index contributed by atoms with van der Waals surface area (Å²) in [5, 5.41) is 10.2. The average molecular weight is 451 g/mol. The monoisotopic (exact) mass is 450 g/mol. The van der Waals surface area contributed by atoms with Crippen LogP contribution < -0.4 is 0 Å². The molecule has 178 valence electrons. The topological polar surface area (TPSA) is 53.0 Å². The number of phenols is 1. The van der Waals surface area contributed by atoms with Crippen molar-refractivity contribution >= 4 is 5.91 Å². The van der Waals surface area contributed by atoms with Crippen molar-refractivity contribution in [2.75, 3.05) is 45.9 Å². The van der Waals surface area contributed by atoms with E-state index in [9.17, 15) is 9.90 Å². The van der Waals surface area contributed by atoms with Gasteiger partial charge in [0.05, 0.1) is 13.2 Å². The van der Waals surface area contributed by atoms with Crippen molar-refractivity contribution < 1.29 is 14.6 Å². The molecule has 33 heavy (non-hydrogen) atoms. The molecule has 5 nitrogen and oxygen atoms in total. The van der Waals surface area contributed by atoms with E-state index in [0.29, 0.717) is 32.1 Å². The van der Waals surface area contributed by atoms with Gasteiger partial charge in [0, 0.05) is 24.1 Å². The summed E-state index contributed by atoms with van der Waals surface area (Å²) in [4.78, 5) is 17.4. The molecule has 2 aliphatic rings. The number of ether oxygens (including phenoxy) is 1. The van der Waals surface area contributed by atoms with E-state index < -0.39 is 0 Å². The summed E-state index contributed by atoms with van der Waals surface area (Å²) in [5.41, 5.74) is 3.00. The van der Waals surface area contributed by atoms with Crippen LogP contribution in [-0.4, -0.2) is 66.8 Å². The molecule has 2 fully saturated rings. The molecule has 1 N–H and O–H groups in total. The van der Waals surface area contributed by atoms with Crippen LogP contribution in [-0.2, 0) is 10.2 Å². The maximum absolute atomic E-state index is 12.9. The van der Waals surface area contributed by atoms with E-state index in [4.69, 9.17) is 4.74 Å². The molecule has 2 aromatic rings. The van der Waals surface area contributed by atoms with Gasteiger partial charge in [-0.05, 0) is 74.3 Å². The molecule has 0 atom stereocenters. The Bertz CT molecular complexity index is 898. The van der Waals surface area contributed by atoms with E-state index in [1.807, 2.05) is 29.2 Å². The summed E-state index contributed by atoms with van der Waals surface area (Å²) in [6.45, 7) is 8.06. The SMILES string of the molecule is CCCCCCN1CCC(c2ccc(C(=O)N3CCOCC3)cc2)(c2cccc(O)c2)CC1. The Hall–Kier alpha value is -2.37. The van der Waals surface area contributed by atoms with Crippen LogP contribution in [0.4, 0.5) is 0 Å². The number of hydrogen-bond acceptors (Lipinski definition) is 4. The van der Waals surface area contributed by atoms with Gasteiger partial charge in [0.2, 0.25) is 0 Å². The molecular formula is C28H38N2O3. The maximum Gasteiger partial charge on any atom is 0.254 e. The fourth-order valence-electron chi connectivity index (χ4n) is 5.35. The number of nitrogens with zero attached hydrogens (tertiary/aromatic N) is 2. The molecule has 0 aliphatic carbocycles. The largest absolute Gasteiger partial charge is 0.508 e. The Balaban J connectivity index is 1.53. The number of amides is 1. The normalized spacial score (nSPS) is 18.9. The van der Waals surface area contributed by atoms with Crippen molar-refractivity contribution in [2.24, 2.45) is 0 Å². The average Bonchev–Trinajstić information content (AvgIpc) is 2.87. The second kappa shape index (κ2) is 11.2. The standard InChI is InChI=1S/C28H38N2O3/c1-2-3-4-5-15-29-16-13-28(14-17-29,25-7-6-8-26(31)22-25)24-11-9-23(10-12-24)27(32)30-18-20-33-21-19-30/h6-12,22,31H,2-5,13-21H2,1H3. The van der Waals surface area contributed by atoms with Gasteiger partial charge in [-0.25, -0.2) is 0 Å². The summed E-state index contributed by atoms with van der Waals surface area (Å²) in [6.07, 6.45) is 7.19. The number of likely N-dealkylation sites (tertiary alicyclic amines) is 1. The van der Waals surface area contributed by atoms with Crippen LogP contribution in [0.15, 0.2) is 48.5 Å². The Kier molecular flexibility index (Phi) is 8.05. The molecule has 0 saturated carbocycles. The quantitative estimate of drug-likeness (QED) is 0.586. The zero-order valence-corrected chi connectivity index (χ0v) is 20.0. The molecule has 0 bridgehead atoms. The molecule has 0 aromatic heterocycles. The van der Waals surface area contributed by atoms with Gasteiger partial charge in [0.25, 0.3) is 5.91 Å². The Morgan fingerprint density at radius 1 is 0.939 bits per heavy atom. The van der Waals surface area contributed by atoms with E-state index in [2.05, 4.69) is 30.0 Å². The molecule has 2 aromatic carbocycles. The lowest BCUT2D eigenvalue weighted by Gasteiger charge is -2.43. The van der Waals surface area contributed by atoms with Gasteiger partial charge in [-0.1, -0.05) is 50.5 Å². The minimum absolute atomic E-state index is 0.0816. The summed E-state index contributed by atoms with van der Waals surface area (Å²) in [7, 11) is 0. The molecule has 2 saturated heterocycles. The number of carbonyl (C=O) groups is 1. The Morgan fingerprint density at radius 3 is 2.33 bits per heavy atom. The number of piperidine rings is 1. The van der Waals surface area contributed by atoms with Crippen LogP contribution in [0.1, 0.15) is 66.9 Å². The van der Waals surface area contributed by atoms with Crippen molar-refractivity contribution in [3.05, 3.63) is 65.2 Å². The predicted octanol–water partition coefficient (Wildman–Crippen LogP) is 4.83. The van der Waals surface area contributed by atoms with E-state index in [-0.39, 0.29) is 11.3 Å². The number of hydrogen-bond donors (Lipinski definition) is 1. The number of carbonyl (C=O) groups excluding carboxylic acids is 1. The fraction of sp³-hybridized carbons (Fsp3) is 0.536. The molecule has 4 rings (SSSR count). The van der Waals surface area contributed by atoms with Crippen molar-refractivity contribution in [1.82, 2.24) is 9.80 Å². The highest BCUT2D eigenvalue weighted by atomic mass is 16.5. The van der Waals surface area contributed by atoms with Crippen LogP contribution >= 0.6 is 0 Å². The van der Waals surface area contributed by atoms with Gasteiger partial charge in [-0.2, -0.15) is 0 Å². The van der Waals surface area contributed by atoms with Crippen LogP contribution in [0.2, 0.25) is 0 Å². The van der Waals surface area contributed by atoms with Gasteiger partial charge < -0.3 is 19.6 Å². The van der Waals surface area contributed by atoms with E-state index in [1.165, 1.54) is 43.4 Å². The first kappa shape index (κ1) is 23.8. The highest BCUT2D eigenvalue weighted by Gasteiger charge is 2.38. The van der Waals surface area contributed by atoms with Crippen molar-refractivity contribution in [3.63, 3.8) is 0 Å². The van der Waals surface area contributed by atoms with Crippen molar-refractivity contribution in [3.8, 4) is 5.75 Å². The lowest BCUT2D eigenvalue weighted by Crippen LogP contribution is -2.43. The first-order valence-corrected chi connectivity index (χ1v) is 12.6. The number of unbranched alkanes of at least 4 members (excludes halogenated alkanes) is 3. The van der Waals surface area contributed by atoms with Gasteiger partial charge in [0.1, 0.15) is 5.75 Å². The molecule has 0 radical (unpaired) electrons. The van der Waals surface area contributed by atoms with Gasteiger partial charge >= 0.3 is 0 Å². The summed E-state index contributed by atoms with van der Waals surface area (Å²) >= 11 is 0. The maximum atomic E-state index is 12.9. The fourth-order valence-corrected chi connectivity index (χ4v) is 5.35. The van der Waals surface area contributed by atoms with E-state index >= 15 is 0 Å². The highest BCUT2D eigenvalue weighted by molar-refractivity contribution is 5.94. The number of morpholine rings is 1. The van der Waals surface area contributed by atoms with Crippen molar-refractivity contribution in [2.45, 2.75) is 50.9 Å². The predicted molar refractivity (Wildman–Crippen MR) is 132 cm³/mol. The third-order valence-corrected chi connectivity index (χ3v) is 7.42. The number of phenolic OH excluding ortho intramolecular Hbond substituents is 1. The first-order valence-electron chi connectivity index (χ1n) is 12.6. The summed E-state index contributed by atoms with van der Waals surface area (Å²) < 4.78 is 5.38. The third kappa shape index (κ3) is 5.59. The molecule has 0 unspecified atom stereocenters. The minimum Gasteiger partial charge on any atom is -0.508 e. The van der Waals surface area contributed by atoms with E-state index in [0.717, 1.165) is 31.5 Å². The second-order valence-corrected chi connectivity index (χ2v) is 9.52. The molecule has 5 heteroatoms. The van der Waals surface area contributed by atoms with Gasteiger partial charge in [-0.3, -0.25) is 4.79 Å². The molecule has 2 aliphatic heterocycles. The molecular weight excluding hydrogens is 412 g/mol. The zero-order valence-electron chi connectivity index (χ0n) is 20.0. The minimum atomic E-state index is -0.140. The molecule has 1 amide bonds. The van der Waals surface area contributed by atoms with E-state index in [1.54, 1.807) is 6.07 Å². The number of benzene rings is 2.